The van der Waals surface area contributed by atoms with E-state index in [1.807, 2.05) is 0 Å². The first-order valence-corrected chi connectivity index (χ1v) is 8.35. The van der Waals surface area contributed by atoms with Crippen LogP contribution in [-0.4, -0.2) is 31.7 Å². The molecule has 2 aliphatic carbocycles. The van der Waals surface area contributed by atoms with Gasteiger partial charge in [0.05, 0.1) is 0 Å². The van der Waals surface area contributed by atoms with Crippen LogP contribution in [0.3, 0.4) is 0 Å². The van der Waals surface area contributed by atoms with E-state index >= 15 is 0 Å². The average Bonchev–Trinajstić information content (AvgIpc) is 2.45. The fourth-order valence-corrected chi connectivity index (χ4v) is 4.34. The van der Waals surface area contributed by atoms with Gasteiger partial charge in [-0.3, -0.25) is 4.79 Å². The van der Waals surface area contributed by atoms with E-state index in [1.165, 1.54) is 19.3 Å². The predicted octanol–water partition coefficient (Wildman–Crippen LogP) is 2.10. The highest BCUT2D eigenvalue weighted by Crippen LogP contribution is 2.41. The molecule has 4 nitrogen and oxygen atoms in total. The van der Waals surface area contributed by atoms with E-state index in [0.717, 1.165) is 45.4 Å². The first-order chi connectivity index (χ1) is 9.74. The van der Waals surface area contributed by atoms with Crippen LogP contribution < -0.4 is 11.1 Å². The van der Waals surface area contributed by atoms with E-state index < -0.39 is 0 Å². The van der Waals surface area contributed by atoms with Crippen molar-refractivity contribution >= 4 is 18.3 Å². The van der Waals surface area contributed by atoms with E-state index in [1.54, 1.807) is 0 Å². The number of hydrogen-bond donors (Lipinski definition) is 2. The zero-order chi connectivity index (χ0) is 13.9. The van der Waals surface area contributed by atoms with Crippen molar-refractivity contribution in [3.05, 3.63) is 0 Å². The SMILES string of the molecule is Cl.NC1C2CCCC1CC(C(=O)NCC1CCOCC1)C2. The molecule has 0 radical (unpaired) electrons. The number of nitrogens with one attached hydrogen (secondary N) is 1. The van der Waals surface area contributed by atoms with Gasteiger partial charge in [-0.1, -0.05) is 6.42 Å². The Labute approximate surface area is 134 Å². The third-order valence-electron chi connectivity index (χ3n) is 5.69. The quantitative estimate of drug-likeness (QED) is 0.838. The number of carbonyl (C=O) groups excluding carboxylic acids is 1. The molecular weight excluding hydrogens is 288 g/mol. The first-order valence-electron chi connectivity index (χ1n) is 8.35. The van der Waals surface area contributed by atoms with Gasteiger partial charge in [-0.05, 0) is 56.3 Å². The summed E-state index contributed by atoms with van der Waals surface area (Å²) in [4.78, 5) is 12.4. The fraction of sp³-hybridized carbons (Fsp3) is 0.938. The van der Waals surface area contributed by atoms with Gasteiger partial charge in [0.2, 0.25) is 5.91 Å². The summed E-state index contributed by atoms with van der Waals surface area (Å²) >= 11 is 0. The van der Waals surface area contributed by atoms with Gasteiger partial charge in [-0.2, -0.15) is 0 Å². The zero-order valence-electron chi connectivity index (χ0n) is 12.8. The molecule has 1 saturated heterocycles. The largest absolute Gasteiger partial charge is 0.381 e. The highest BCUT2D eigenvalue weighted by atomic mass is 35.5. The molecular formula is C16H29ClN2O2. The number of amides is 1. The van der Waals surface area contributed by atoms with Gasteiger partial charge in [0.1, 0.15) is 0 Å². The van der Waals surface area contributed by atoms with Crippen LogP contribution in [0.4, 0.5) is 0 Å². The van der Waals surface area contributed by atoms with Crippen LogP contribution in [0.1, 0.15) is 44.9 Å². The molecule has 3 N–H and O–H groups in total. The van der Waals surface area contributed by atoms with Crippen molar-refractivity contribution in [2.75, 3.05) is 19.8 Å². The summed E-state index contributed by atoms with van der Waals surface area (Å²) < 4.78 is 5.36. The van der Waals surface area contributed by atoms with Gasteiger partial charge in [-0.15, -0.1) is 12.4 Å². The maximum atomic E-state index is 12.4. The second kappa shape index (κ2) is 7.80. The minimum absolute atomic E-state index is 0. The lowest BCUT2D eigenvalue weighted by Gasteiger charge is -2.43. The summed E-state index contributed by atoms with van der Waals surface area (Å²) in [7, 11) is 0. The minimum Gasteiger partial charge on any atom is -0.381 e. The van der Waals surface area contributed by atoms with Crippen molar-refractivity contribution in [2.45, 2.75) is 51.0 Å². The lowest BCUT2D eigenvalue weighted by molar-refractivity contribution is -0.128. The molecule has 1 heterocycles. The van der Waals surface area contributed by atoms with Crippen LogP contribution >= 0.6 is 12.4 Å². The van der Waals surface area contributed by atoms with Crippen molar-refractivity contribution in [1.82, 2.24) is 5.32 Å². The van der Waals surface area contributed by atoms with E-state index in [0.29, 0.717) is 23.8 Å². The molecule has 5 heteroatoms. The third-order valence-corrected chi connectivity index (χ3v) is 5.69. The molecule has 2 atom stereocenters. The molecule has 2 unspecified atom stereocenters. The van der Waals surface area contributed by atoms with Crippen molar-refractivity contribution < 1.29 is 9.53 Å². The number of halogens is 1. The summed E-state index contributed by atoms with van der Waals surface area (Å²) in [6.45, 7) is 2.53. The van der Waals surface area contributed by atoms with Gasteiger partial charge < -0.3 is 15.8 Å². The van der Waals surface area contributed by atoms with E-state index in [4.69, 9.17) is 10.5 Å². The number of ether oxygens (including phenoxy) is 1. The van der Waals surface area contributed by atoms with Crippen LogP contribution in [0.5, 0.6) is 0 Å². The van der Waals surface area contributed by atoms with Crippen LogP contribution in [-0.2, 0) is 9.53 Å². The Hall–Kier alpha value is -0.320. The Morgan fingerprint density at radius 3 is 2.33 bits per heavy atom. The number of fused-ring (bicyclic) bond motifs is 2. The molecule has 21 heavy (non-hydrogen) atoms. The van der Waals surface area contributed by atoms with Crippen molar-refractivity contribution in [1.29, 1.82) is 0 Å². The Morgan fingerprint density at radius 1 is 1.10 bits per heavy atom. The van der Waals surface area contributed by atoms with E-state index in [-0.39, 0.29) is 24.2 Å². The van der Waals surface area contributed by atoms with Crippen LogP contribution in [0.2, 0.25) is 0 Å². The van der Waals surface area contributed by atoms with Crippen molar-refractivity contribution in [3.8, 4) is 0 Å². The van der Waals surface area contributed by atoms with Crippen LogP contribution in [0.25, 0.3) is 0 Å². The lowest BCUT2D eigenvalue weighted by Crippen LogP contribution is -2.49. The van der Waals surface area contributed by atoms with E-state index in [2.05, 4.69) is 5.32 Å². The second-order valence-corrected chi connectivity index (χ2v) is 7.00. The summed E-state index contributed by atoms with van der Waals surface area (Å²) in [5, 5.41) is 3.19. The Kier molecular flexibility index (Phi) is 6.33. The molecule has 1 amide bonds. The summed E-state index contributed by atoms with van der Waals surface area (Å²) in [6.07, 6.45) is 7.94. The van der Waals surface area contributed by atoms with Gasteiger partial charge in [0.15, 0.2) is 0 Å². The molecule has 1 aliphatic heterocycles. The standard InChI is InChI=1S/C16H28N2O2.ClH/c17-15-12-2-1-3-13(15)9-14(8-12)16(19)18-10-11-4-6-20-7-5-11;/h11-15H,1-10,17H2,(H,18,19);1H. The molecule has 0 spiro atoms. The van der Waals surface area contributed by atoms with Gasteiger partial charge >= 0.3 is 0 Å². The third kappa shape index (κ3) is 4.11. The number of nitrogens with two attached hydrogens (primary N) is 1. The van der Waals surface area contributed by atoms with Crippen LogP contribution in [0.15, 0.2) is 0 Å². The first kappa shape index (κ1) is 17.0. The molecule has 2 bridgehead atoms. The maximum absolute atomic E-state index is 12.4. The van der Waals surface area contributed by atoms with Crippen molar-refractivity contribution in [2.24, 2.45) is 29.4 Å². The predicted molar refractivity (Wildman–Crippen MR) is 85.3 cm³/mol. The van der Waals surface area contributed by atoms with Crippen molar-refractivity contribution in [3.63, 3.8) is 0 Å². The monoisotopic (exact) mass is 316 g/mol. The minimum atomic E-state index is 0. The molecule has 0 aromatic carbocycles. The highest BCUT2D eigenvalue weighted by Gasteiger charge is 2.40. The molecule has 0 aromatic rings. The fourth-order valence-electron chi connectivity index (χ4n) is 4.34. The Bertz CT molecular complexity index is 333. The molecule has 3 aliphatic rings. The number of rotatable bonds is 3. The van der Waals surface area contributed by atoms with E-state index in [9.17, 15) is 4.79 Å². The normalized spacial score (nSPS) is 36.6. The van der Waals surface area contributed by atoms with Gasteiger partial charge in [0, 0.05) is 31.7 Å². The topological polar surface area (TPSA) is 64.4 Å². The second-order valence-electron chi connectivity index (χ2n) is 7.00. The number of hydrogen-bond acceptors (Lipinski definition) is 3. The molecule has 3 fully saturated rings. The summed E-state index contributed by atoms with van der Waals surface area (Å²) in [6, 6.07) is 0.350. The Morgan fingerprint density at radius 2 is 1.71 bits per heavy atom. The van der Waals surface area contributed by atoms with Gasteiger partial charge in [0.25, 0.3) is 0 Å². The Balaban J connectivity index is 0.00000161. The zero-order valence-corrected chi connectivity index (χ0v) is 13.6. The molecule has 122 valence electrons. The maximum Gasteiger partial charge on any atom is 0.223 e. The van der Waals surface area contributed by atoms with Crippen LogP contribution in [0, 0.1) is 23.7 Å². The van der Waals surface area contributed by atoms with Gasteiger partial charge in [-0.25, -0.2) is 0 Å². The molecule has 3 rings (SSSR count). The lowest BCUT2D eigenvalue weighted by atomic mass is 9.65. The summed E-state index contributed by atoms with van der Waals surface area (Å²) in [5.74, 6) is 2.27. The number of carbonyl (C=O) groups is 1. The average molecular weight is 317 g/mol. The summed E-state index contributed by atoms with van der Waals surface area (Å²) in [5.41, 5.74) is 6.29. The molecule has 0 aromatic heterocycles. The highest BCUT2D eigenvalue weighted by molar-refractivity contribution is 5.85. The molecule has 2 saturated carbocycles. The smallest absolute Gasteiger partial charge is 0.223 e.